The van der Waals surface area contributed by atoms with Crippen LogP contribution in [-0.4, -0.2) is 0 Å². The van der Waals surface area contributed by atoms with Gasteiger partial charge < -0.3 is 4.90 Å². The van der Waals surface area contributed by atoms with E-state index in [-0.39, 0.29) is 0 Å². The summed E-state index contributed by atoms with van der Waals surface area (Å²) in [6.45, 7) is 0. The van der Waals surface area contributed by atoms with E-state index in [0.717, 1.165) is 11.4 Å². The van der Waals surface area contributed by atoms with Crippen LogP contribution in [0.4, 0.5) is 17.1 Å². The highest BCUT2D eigenvalue weighted by Gasteiger charge is 2.20. The Hall–Kier alpha value is -6.78. The van der Waals surface area contributed by atoms with Crippen molar-refractivity contribution < 1.29 is 0 Å². The van der Waals surface area contributed by atoms with E-state index in [9.17, 15) is 0 Å². The first-order chi connectivity index (χ1) is 28.3. The molecule has 0 saturated carbocycles. The van der Waals surface area contributed by atoms with E-state index in [1.807, 2.05) is 22.7 Å². The van der Waals surface area contributed by atoms with Gasteiger partial charge in [-0.3, -0.25) is 0 Å². The molecule has 11 aromatic rings. The van der Waals surface area contributed by atoms with Gasteiger partial charge in [-0.1, -0.05) is 176 Å². The van der Waals surface area contributed by atoms with Crippen molar-refractivity contribution in [2.75, 3.05) is 4.90 Å². The molecule has 57 heavy (non-hydrogen) atoms. The van der Waals surface area contributed by atoms with Crippen LogP contribution in [0, 0.1) is 0 Å². The molecule has 11 rings (SSSR count). The molecule has 1 nitrogen and oxygen atoms in total. The molecular weight excluding hydrogens is 727 g/mol. The number of rotatable bonds is 7. The summed E-state index contributed by atoms with van der Waals surface area (Å²) >= 11 is 3.77. The zero-order valence-corrected chi connectivity index (χ0v) is 32.6. The van der Waals surface area contributed by atoms with Crippen LogP contribution in [-0.2, 0) is 0 Å². The van der Waals surface area contributed by atoms with Crippen molar-refractivity contribution in [3.05, 3.63) is 212 Å². The van der Waals surface area contributed by atoms with Gasteiger partial charge in [0.2, 0.25) is 0 Å². The van der Waals surface area contributed by atoms with E-state index in [1.165, 1.54) is 90.5 Å². The number of thiophene rings is 2. The quantitative estimate of drug-likeness (QED) is 0.156. The molecule has 3 heteroatoms. The Morgan fingerprint density at radius 1 is 0.263 bits per heavy atom. The predicted molar refractivity (Wildman–Crippen MR) is 249 cm³/mol. The molecule has 2 heterocycles. The Morgan fingerprint density at radius 3 is 1.28 bits per heavy atom. The fourth-order valence-corrected chi connectivity index (χ4v) is 10.9. The lowest BCUT2D eigenvalue weighted by molar-refractivity contribution is 1.30. The smallest absolute Gasteiger partial charge is 0.0640 e. The number of hydrogen-bond acceptors (Lipinski definition) is 3. The minimum Gasteiger partial charge on any atom is -0.309 e. The average Bonchev–Trinajstić information content (AvgIpc) is 3.87. The number of anilines is 3. The highest BCUT2D eigenvalue weighted by molar-refractivity contribution is 7.27. The first-order valence-electron chi connectivity index (χ1n) is 19.3. The number of fused-ring (bicyclic) bond motifs is 6. The summed E-state index contributed by atoms with van der Waals surface area (Å²) in [5.74, 6) is 0. The van der Waals surface area contributed by atoms with E-state index in [1.54, 1.807) is 0 Å². The minimum atomic E-state index is 1.12. The first-order valence-corrected chi connectivity index (χ1v) is 21.0. The third-order valence-corrected chi connectivity index (χ3v) is 13.6. The molecule has 0 aliphatic heterocycles. The molecule has 0 amide bonds. The summed E-state index contributed by atoms with van der Waals surface area (Å²) in [6, 6.07) is 77.4. The minimum absolute atomic E-state index is 1.12. The fourth-order valence-electron chi connectivity index (χ4n) is 8.31. The van der Waals surface area contributed by atoms with E-state index in [4.69, 9.17) is 0 Å². The van der Waals surface area contributed by atoms with E-state index < -0.39 is 0 Å². The maximum Gasteiger partial charge on any atom is 0.0640 e. The van der Waals surface area contributed by atoms with E-state index >= 15 is 0 Å². The predicted octanol–water partition coefficient (Wildman–Crippen LogP) is 16.6. The Labute approximate surface area is 340 Å². The van der Waals surface area contributed by atoms with Gasteiger partial charge >= 0.3 is 0 Å². The van der Waals surface area contributed by atoms with Crippen molar-refractivity contribution in [2.45, 2.75) is 0 Å². The second kappa shape index (κ2) is 14.1. The van der Waals surface area contributed by atoms with E-state index in [0.29, 0.717) is 0 Å². The molecule has 0 unspecified atom stereocenters. The fraction of sp³-hybridized carbons (Fsp3) is 0. The van der Waals surface area contributed by atoms with Gasteiger partial charge in [0, 0.05) is 47.0 Å². The van der Waals surface area contributed by atoms with Crippen molar-refractivity contribution in [1.82, 2.24) is 0 Å². The second-order valence-corrected chi connectivity index (χ2v) is 16.5. The summed E-state index contributed by atoms with van der Waals surface area (Å²) in [7, 11) is 0. The van der Waals surface area contributed by atoms with Crippen molar-refractivity contribution in [3.8, 4) is 44.5 Å². The highest BCUT2D eigenvalue weighted by Crippen LogP contribution is 2.47. The van der Waals surface area contributed by atoms with Crippen LogP contribution in [0.3, 0.4) is 0 Å². The number of nitrogens with zero attached hydrogens (tertiary/aromatic N) is 1. The molecule has 0 bridgehead atoms. The van der Waals surface area contributed by atoms with E-state index in [2.05, 4.69) is 217 Å². The van der Waals surface area contributed by atoms with Crippen LogP contribution in [0.2, 0.25) is 0 Å². The molecule has 268 valence electrons. The lowest BCUT2D eigenvalue weighted by Gasteiger charge is -2.26. The molecule has 0 radical (unpaired) electrons. The summed E-state index contributed by atoms with van der Waals surface area (Å²) in [6.07, 6.45) is 0. The number of hydrogen-bond donors (Lipinski definition) is 0. The first kappa shape index (κ1) is 33.5. The average molecular weight is 762 g/mol. The van der Waals surface area contributed by atoms with Gasteiger partial charge in [0.1, 0.15) is 0 Å². The zero-order chi connectivity index (χ0) is 37.7. The molecular formula is C54H35NS2. The van der Waals surface area contributed by atoms with Gasteiger partial charge in [0.05, 0.1) is 10.4 Å². The van der Waals surface area contributed by atoms with Gasteiger partial charge in [-0.2, -0.15) is 0 Å². The van der Waals surface area contributed by atoms with Crippen LogP contribution in [0.5, 0.6) is 0 Å². The van der Waals surface area contributed by atoms with Crippen molar-refractivity contribution >= 4 is 80.1 Å². The highest BCUT2D eigenvalue weighted by atomic mass is 32.1. The normalized spacial score (nSPS) is 11.5. The second-order valence-electron chi connectivity index (χ2n) is 14.5. The molecule has 0 aliphatic rings. The SMILES string of the molecule is c1ccc(-c2ccc(N(c3ccc(-c4ccc(-c5cccc6c5sc5ccccc56)cc4)cc3)c3cccc4c3sc3c(-c5ccccc5)cccc34)cc2)cc1. The lowest BCUT2D eigenvalue weighted by Crippen LogP contribution is -2.10. The van der Waals surface area contributed by atoms with Crippen molar-refractivity contribution in [1.29, 1.82) is 0 Å². The maximum absolute atomic E-state index is 2.42. The summed E-state index contributed by atoms with van der Waals surface area (Å²) < 4.78 is 5.26. The molecule has 0 saturated heterocycles. The van der Waals surface area contributed by atoms with Crippen molar-refractivity contribution in [2.24, 2.45) is 0 Å². The number of benzene rings is 9. The van der Waals surface area contributed by atoms with Gasteiger partial charge in [0.15, 0.2) is 0 Å². The van der Waals surface area contributed by atoms with Gasteiger partial charge in [-0.05, 0) is 80.9 Å². The summed E-state index contributed by atoms with van der Waals surface area (Å²) in [4.78, 5) is 2.42. The van der Waals surface area contributed by atoms with Crippen LogP contribution >= 0.6 is 22.7 Å². The molecule has 0 spiro atoms. The van der Waals surface area contributed by atoms with Gasteiger partial charge in [-0.15, -0.1) is 22.7 Å². The zero-order valence-electron chi connectivity index (χ0n) is 31.0. The monoisotopic (exact) mass is 761 g/mol. The Kier molecular flexibility index (Phi) is 8.28. The van der Waals surface area contributed by atoms with Crippen LogP contribution < -0.4 is 4.90 Å². The Balaban J connectivity index is 0.995. The van der Waals surface area contributed by atoms with Crippen LogP contribution in [0.1, 0.15) is 0 Å². The third-order valence-electron chi connectivity index (χ3n) is 11.1. The molecule has 0 aliphatic carbocycles. The Morgan fingerprint density at radius 2 is 0.667 bits per heavy atom. The standard InChI is InChI=1S/C54H35NS2/c1-3-12-36(13-4-1)38-28-32-42(33-29-38)55(50-22-11-21-49-48-20-10-17-44(53(48)57-54(49)50)40-14-5-2-6-15-40)43-34-30-39(31-35-43)37-24-26-41(27-25-37)45-18-9-19-47-46-16-7-8-23-51(46)56-52(45)47/h1-35H. The molecule has 0 atom stereocenters. The summed E-state index contributed by atoms with van der Waals surface area (Å²) in [5.41, 5.74) is 13.3. The molecule has 2 aromatic heterocycles. The maximum atomic E-state index is 2.42. The largest absolute Gasteiger partial charge is 0.309 e. The van der Waals surface area contributed by atoms with Crippen LogP contribution in [0.15, 0.2) is 212 Å². The van der Waals surface area contributed by atoms with Crippen LogP contribution in [0.25, 0.3) is 84.9 Å². The van der Waals surface area contributed by atoms with Gasteiger partial charge in [-0.25, -0.2) is 0 Å². The molecule has 0 fully saturated rings. The van der Waals surface area contributed by atoms with Crippen molar-refractivity contribution in [3.63, 3.8) is 0 Å². The Bertz CT molecular complexity index is 3200. The third kappa shape index (κ3) is 5.91. The topological polar surface area (TPSA) is 3.24 Å². The lowest BCUT2D eigenvalue weighted by atomic mass is 9.98. The summed E-state index contributed by atoms with van der Waals surface area (Å²) in [5, 5.41) is 5.23. The van der Waals surface area contributed by atoms with Gasteiger partial charge in [0.25, 0.3) is 0 Å². The molecule has 9 aromatic carbocycles. The molecule has 0 N–H and O–H groups in total.